The van der Waals surface area contributed by atoms with E-state index >= 15 is 0 Å². The molecule has 0 bridgehead atoms. The molecule has 6 heteroatoms. The molecule has 1 aliphatic carbocycles. The maximum Gasteiger partial charge on any atom is 0.226 e. The summed E-state index contributed by atoms with van der Waals surface area (Å²) in [6.45, 7) is 4.49. The molecule has 140 valence electrons. The Morgan fingerprint density at radius 1 is 1.16 bits per heavy atom. The van der Waals surface area contributed by atoms with Crippen molar-refractivity contribution < 1.29 is 4.79 Å². The Kier molecular flexibility index (Phi) is 9.85. The summed E-state index contributed by atoms with van der Waals surface area (Å²) in [6, 6.07) is 8.47. The van der Waals surface area contributed by atoms with Crippen LogP contribution in [0.25, 0.3) is 0 Å². The largest absolute Gasteiger partial charge is 0.354 e. The monoisotopic (exact) mass is 458 g/mol. The van der Waals surface area contributed by atoms with Crippen molar-refractivity contribution in [3.8, 4) is 0 Å². The molecule has 25 heavy (non-hydrogen) atoms. The molecule has 1 aliphatic rings. The predicted octanol–water partition coefficient (Wildman–Crippen LogP) is 3.90. The number of guanidine groups is 1. The van der Waals surface area contributed by atoms with Gasteiger partial charge in [0, 0.05) is 31.2 Å². The van der Waals surface area contributed by atoms with Crippen LogP contribution in [0.1, 0.15) is 51.5 Å². The highest BCUT2D eigenvalue weighted by atomic mass is 127. The minimum atomic E-state index is -0.0134. The summed E-state index contributed by atoms with van der Waals surface area (Å²) in [7, 11) is 1.81. The van der Waals surface area contributed by atoms with Crippen molar-refractivity contribution in [1.82, 2.24) is 10.6 Å². The zero-order valence-electron chi connectivity index (χ0n) is 15.5. The summed E-state index contributed by atoms with van der Waals surface area (Å²) in [5, 5.41) is 9.77. The third-order valence-corrected chi connectivity index (χ3v) is 4.38. The molecule has 1 saturated carbocycles. The average molecular weight is 458 g/mol. The smallest absolute Gasteiger partial charge is 0.226 e. The van der Waals surface area contributed by atoms with Gasteiger partial charge in [0.05, 0.1) is 0 Å². The Labute approximate surface area is 168 Å². The standard InChI is InChI=1S/C19H30N4O.HI/c1-14(2)18(24)22-17-11-9-15(10-12-17)13-21-19(20-3)23-16-7-5-4-6-8-16;/h9-12,14,16H,4-8,13H2,1-3H3,(H,22,24)(H2,20,21,23);1H. The van der Waals surface area contributed by atoms with Crippen LogP contribution in [0, 0.1) is 5.92 Å². The van der Waals surface area contributed by atoms with Gasteiger partial charge in [-0.25, -0.2) is 0 Å². The number of halogens is 1. The van der Waals surface area contributed by atoms with E-state index in [0.717, 1.165) is 17.2 Å². The molecule has 0 aromatic heterocycles. The van der Waals surface area contributed by atoms with Gasteiger partial charge >= 0.3 is 0 Å². The fourth-order valence-electron chi connectivity index (χ4n) is 2.81. The Hall–Kier alpha value is -1.31. The number of anilines is 1. The average Bonchev–Trinajstić information content (AvgIpc) is 2.60. The normalized spacial score (nSPS) is 15.4. The highest BCUT2D eigenvalue weighted by molar-refractivity contribution is 14.0. The Balaban J connectivity index is 0.00000312. The van der Waals surface area contributed by atoms with Crippen LogP contribution in [0.3, 0.4) is 0 Å². The highest BCUT2D eigenvalue weighted by Crippen LogP contribution is 2.17. The van der Waals surface area contributed by atoms with Crippen LogP contribution < -0.4 is 16.0 Å². The maximum absolute atomic E-state index is 11.7. The van der Waals surface area contributed by atoms with Gasteiger partial charge in [-0.2, -0.15) is 0 Å². The number of hydrogen-bond acceptors (Lipinski definition) is 2. The van der Waals surface area contributed by atoms with Crippen LogP contribution >= 0.6 is 24.0 Å². The van der Waals surface area contributed by atoms with Crippen LogP contribution in [0.4, 0.5) is 5.69 Å². The van der Waals surface area contributed by atoms with Gasteiger partial charge in [-0.15, -0.1) is 24.0 Å². The van der Waals surface area contributed by atoms with Crippen molar-refractivity contribution in [3.63, 3.8) is 0 Å². The molecule has 0 radical (unpaired) electrons. The van der Waals surface area contributed by atoms with Crippen LogP contribution in [0.2, 0.25) is 0 Å². The van der Waals surface area contributed by atoms with Crippen LogP contribution in [0.15, 0.2) is 29.3 Å². The van der Waals surface area contributed by atoms with E-state index in [2.05, 4.69) is 20.9 Å². The lowest BCUT2D eigenvalue weighted by Crippen LogP contribution is -2.43. The topological polar surface area (TPSA) is 65.5 Å². The Morgan fingerprint density at radius 2 is 1.80 bits per heavy atom. The second-order valence-electron chi connectivity index (χ2n) is 6.75. The number of nitrogens with one attached hydrogen (secondary N) is 3. The summed E-state index contributed by atoms with van der Waals surface area (Å²) in [6.07, 6.45) is 6.41. The molecule has 0 aliphatic heterocycles. The van der Waals surface area contributed by atoms with Crippen molar-refractivity contribution in [1.29, 1.82) is 0 Å². The molecule has 0 unspecified atom stereocenters. The lowest BCUT2D eigenvalue weighted by Gasteiger charge is -2.24. The van der Waals surface area contributed by atoms with E-state index < -0.39 is 0 Å². The number of rotatable bonds is 5. The molecule has 1 fully saturated rings. The molecule has 1 amide bonds. The maximum atomic E-state index is 11.7. The fraction of sp³-hybridized carbons (Fsp3) is 0.579. The third-order valence-electron chi connectivity index (χ3n) is 4.38. The molecule has 3 N–H and O–H groups in total. The first kappa shape index (κ1) is 21.7. The molecule has 0 atom stereocenters. The molecular formula is C19H31IN4O. The van der Waals surface area contributed by atoms with Gasteiger partial charge in [-0.1, -0.05) is 45.2 Å². The number of aliphatic imine (C=N–C) groups is 1. The van der Waals surface area contributed by atoms with Gasteiger partial charge in [0.25, 0.3) is 0 Å². The second kappa shape index (κ2) is 11.3. The molecule has 0 heterocycles. The summed E-state index contributed by atoms with van der Waals surface area (Å²) >= 11 is 0. The van der Waals surface area contributed by atoms with Gasteiger partial charge in [-0.3, -0.25) is 9.79 Å². The first-order valence-corrected chi connectivity index (χ1v) is 8.95. The quantitative estimate of drug-likeness (QED) is 0.356. The van der Waals surface area contributed by atoms with Crippen LogP contribution in [0.5, 0.6) is 0 Å². The van der Waals surface area contributed by atoms with Crippen LogP contribution in [-0.2, 0) is 11.3 Å². The minimum Gasteiger partial charge on any atom is -0.354 e. The van der Waals surface area contributed by atoms with Gasteiger partial charge in [0.2, 0.25) is 5.91 Å². The molecule has 5 nitrogen and oxygen atoms in total. The molecule has 1 aromatic carbocycles. The first-order chi connectivity index (χ1) is 11.6. The number of nitrogens with zero attached hydrogens (tertiary/aromatic N) is 1. The lowest BCUT2D eigenvalue weighted by atomic mass is 9.96. The van der Waals surface area contributed by atoms with E-state index in [9.17, 15) is 4.79 Å². The Morgan fingerprint density at radius 3 is 2.36 bits per heavy atom. The van der Waals surface area contributed by atoms with Crippen LogP contribution in [-0.4, -0.2) is 25.0 Å². The number of benzene rings is 1. The van der Waals surface area contributed by atoms with E-state index in [1.54, 1.807) is 0 Å². The Bertz CT molecular complexity index is 551. The van der Waals surface area contributed by atoms with Crippen molar-refractivity contribution in [2.75, 3.05) is 12.4 Å². The second-order valence-corrected chi connectivity index (χ2v) is 6.75. The summed E-state index contributed by atoms with van der Waals surface area (Å²) in [4.78, 5) is 16.0. The minimum absolute atomic E-state index is 0. The third kappa shape index (κ3) is 7.63. The molecule has 2 rings (SSSR count). The molecule has 0 saturated heterocycles. The van der Waals surface area contributed by atoms with Crippen molar-refractivity contribution in [3.05, 3.63) is 29.8 Å². The highest BCUT2D eigenvalue weighted by Gasteiger charge is 2.14. The number of carbonyl (C=O) groups excluding carboxylic acids is 1. The zero-order chi connectivity index (χ0) is 17.4. The number of carbonyl (C=O) groups is 1. The molecule has 0 spiro atoms. The molecular weight excluding hydrogens is 427 g/mol. The van der Waals surface area contributed by atoms with E-state index in [-0.39, 0.29) is 35.8 Å². The molecule has 1 aromatic rings. The van der Waals surface area contributed by atoms with E-state index in [4.69, 9.17) is 0 Å². The van der Waals surface area contributed by atoms with Gasteiger partial charge in [0.15, 0.2) is 5.96 Å². The summed E-state index contributed by atoms with van der Waals surface area (Å²) in [5.74, 6) is 0.887. The van der Waals surface area contributed by atoms with Gasteiger partial charge < -0.3 is 16.0 Å². The SMILES string of the molecule is CN=C(NCc1ccc(NC(=O)C(C)C)cc1)NC1CCCCC1.I. The van der Waals surface area contributed by atoms with E-state index in [0.29, 0.717) is 12.6 Å². The van der Waals surface area contributed by atoms with Gasteiger partial charge in [-0.05, 0) is 30.5 Å². The van der Waals surface area contributed by atoms with E-state index in [1.807, 2.05) is 45.2 Å². The lowest BCUT2D eigenvalue weighted by molar-refractivity contribution is -0.118. The summed E-state index contributed by atoms with van der Waals surface area (Å²) in [5.41, 5.74) is 1.99. The first-order valence-electron chi connectivity index (χ1n) is 8.95. The van der Waals surface area contributed by atoms with E-state index in [1.165, 1.54) is 32.1 Å². The van der Waals surface area contributed by atoms with Gasteiger partial charge in [0.1, 0.15) is 0 Å². The fourth-order valence-corrected chi connectivity index (χ4v) is 2.81. The van der Waals surface area contributed by atoms with Crippen molar-refractivity contribution >= 4 is 41.5 Å². The zero-order valence-corrected chi connectivity index (χ0v) is 17.8. The van der Waals surface area contributed by atoms with Crippen molar-refractivity contribution in [2.45, 2.75) is 58.5 Å². The van der Waals surface area contributed by atoms with Crippen molar-refractivity contribution in [2.24, 2.45) is 10.9 Å². The number of hydrogen-bond donors (Lipinski definition) is 3. The summed E-state index contributed by atoms with van der Waals surface area (Å²) < 4.78 is 0. The number of amides is 1. The predicted molar refractivity (Wildman–Crippen MR) is 116 cm³/mol.